The standard InChI is InChI=1S/C17H17F3N2OS/c1-2-14-13-7-9-24-15(13)6-8-22(14)16(23)21-12-5-3-4-11(10-12)17(18,19)20/h3-5,7,9-10,14H,2,6,8H2,1H3,(H,21,23). The van der Waals surface area contributed by atoms with Gasteiger partial charge in [0.25, 0.3) is 0 Å². The number of urea groups is 1. The predicted octanol–water partition coefficient (Wildman–Crippen LogP) is 5.31. The number of nitrogens with one attached hydrogen (secondary N) is 1. The van der Waals surface area contributed by atoms with Crippen molar-refractivity contribution in [1.82, 2.24) is 4.90 Å². The zero-order chi connectivity index (χ0) is 17.3. The van der Waals surface area contributed by atoms with Gasteiger partial charge in [-0.25, -0.2) is 4.79 Å². The van der Waals surface area contributed by atoms with Gasteiger partial charge in [0.2, 0.25) is 0 Å². The molecule has 1 aliphatic rings. The van der Waals surface area contributed by atoms with Crippen molar-refractivity contribution in [3.05, 3.63) is 51.7 Å². The van der Waals surface area contributed by atoms with Gasteiger partial charge in [0.15, 0.2) is 0 Å². The first-order chi connectivity index (χ1) is 11.4. The summed E-state index contributed by atoms with van der Waals surface area (Å²) in [4.78, 5) is 15.6. The number of alkyl halides is 3. The van der Waals surface area contributed by atoms with E-state index in [1.165, 1.54) is 17.0 Å². The number of thiophene rings is 1. The third-order valence-corrected chi connectivity index (χ3v) is 5.18. The summed E-state index contributed by atoms with van der Waals surface area (Å²) < 4.78 is 38.4. The van der Waals surface area contributed by atoms with Crippen LogP contribution >= 0.6 is 11.3 Å². The van der Waals surface area contributed by atoms with Crippen molar-refractivity contribution in [2.45, 2.75) is 32.0 Å². The van der Waals surface area contributed by atoms with Gasteiger partial charge in [-0.2, -0.15) is 13.2 Å². The Bertz CT molecular complexity index is 741. The smallest absolute Gasteiger partial charge is 0.317 e. The molecule has 0 aliphatic carbocycles. The van der Waals surface area contributed by atoms with Crippen LogP contribution in [-0.2, 0) is 12.6 Å². The van der Waals surface area contributed by atoms with E-state index in [2.05, 4.69) is 5.32 Å². The maximum Gasteiger partial charge on any atom is 0.416 e. The Balaban J connectivity index is 1.78. The molecule has 0 radical (unpaired) electrons. The second kappa shape index (κ2) is 6.47. The van der Waals surface area contributed by atoms with E-state index in [0.29, 0.717) is 6.54 Å². The molecule has 3 rings (SSSR count). The highest BCUT2D eigenvalue weighted by Gasteiger charge is 2.32. The summed E-state index contributed by atoms with van der Waals surface area (Å²) in [6.07, 6.45) is -2.89. The Hall–Kier alpha value is -2.02. The fourth-order valence-electron chi connectivity index (χ4n) is 3.05. The van der Waals surface area contributed by atoms with Crippen molar-refractivity contribution in [2.24, 2.45) is 0 Å². The number of hydrogen-bond acceptors (Lipinski definition) is 2. The van der Waals surface area contributed by atoms with Gasteiger partial charge in [0.05, 0.1) is 11.6 Å². The summed E-state index contributed by atoms with van der Waals surface area (Å²) in [5.41, 5.74) is 0.528. The Morgan fingerprint density at radius 1 is 1.38 bits per heavy atom. The number of nitrogens with zero attached hydrogens (tertiary/aromatic N) is 1. The number of rotatable bonds is 2. The number of amides is 2. The molecular formula is C17H17F3N2OS. The Morgan fingerprint density at radius 3 is 2.88 bits per heavy atom. The second-order valence-corrected chi connectivity index (χ2v) is 6.68. The van der Waals surface area contributed by atoms with Gasteiger partial charge in [-0.15, -0.1) is 11.3 Å². The van der Waals surface area contributed by atoms with Crippen LogP contribution < -0.4 is 5.32 Å². The fraction of sp³-hybridized carbons (Fsp3) is 0.353. The van der Waals surface area contributed by atoms with Gasteiger partial charge in [0.1, 0.15) is 0 Å². The Kier molecular flexibility index (Phi) is 4.54. The van der Waals surface area contributed by atoms with Gasteiger partial charge >= 0.3 is 12.2 Å². The number of benzene rings is 1. The van der Waals surface area contributed by atoms with Crippen molar-refractivity contribution in [3.63, 3.8) is 0 Å². The molecule has 0 saturated carbocycles. The van der Waals surface area contributed by atoms with Gasteiger partial charge in [-0.05, 0) is 48.1 Å². The maximum absolute atomic E-state index is 12.8. The molecule has 0 fully saturated rings. The zero-order valence-corrected chi connectivity index (χ0v) is 13.9. The molecule has 0 bridgehead atoms. The molecule has 2 heterocycles. The van der Waals surface area contributed by atoms with Crippen molar-refractivity contribution >= 4 is 23.1 Å². The summed E-state index contributed by atoms with van der Waals surface area (Å²) in [5, 5.41) is 4.62. The number of carbonyl (C=O) groups is 1. The van der Waals surface area contributed by atoms with Gasteiger partial charge in [-0.1, -0.05) is 13.0 Å². The first-order valence-electron chi connectivity index (χ1n) is 7.71. The Morgan fingerprint density at radius 2 is 2.17 bits per heavy atom. The number of hydrogen-bond donors (Lipinski definition) is 1. The lowest BCUT2D eigenvalue weighted by Gasteiger charge is -2.35. The van der Waals surface area contributed by atoms with Crippen LogP contribution in [0.25, 0.3) is 0 Å². The topological polar surface area (TPSA) is 32.3 Å². The molecule has 24 heavy (non-hydrogen) atoms. The van der Waals surface area contributed by atoms with Crippen molar-refractivity contribution in [1.29, 1.82) is 0 Å². The van der Waals surface area contributed by atoms with Crippen molar-refractivity contribution in [3.8, 4) is 0 Å². The third kappa shape index (κ3) is 3.26. The van der Waals surface area contributed by atoms with Gasteiger partial charge < -0.3 is 10.2 Å². The summed E-state index contributed by atoms with van der Waals surface area (Å²) in [5.74, 6) is 0. The molecule has 7 heteroatoms. The van der Waals surface area contributed by atoms with E-state index in [4.69, 9.17) is 0 Å². The molecule has 1 aromatic heterocycles. The van der Waals surface area contributed by atoms with E-state index in [0.717, 1.165) is 30.5 Å². The summed E-state index contributed by atoms with van der Waals surface area (Å²) in [6, 6.07) is 6.33. The Labute approximate surface area is 142 Å². The highest BCUT2D eigenvalue weighted by molar-refractivity contribution is 7.10. The zero-order valence-electron chi connectivity index (χ0n) is 13.1. The average Bonchev–Trinajstić information content (AvgIpc) is 3.01. The van der Waals surface area contributed by atoms with Crippen LogP contribution in [0.2, 0.25) is 0 Å². The monoisotopic (exact) mass is 354 g/mol. The molecule has 1 unspecified atom stereocenters. The molecule has 2 amide bonds. The second-order valence-electron chi connectivity index (χ2n) is 5.68. The quantitative estimate of drug-likeness (QED) is 0.779. The van der Waals surface area contributed by atoms with Gasteiger partial charge in [0, 0.05) is 17.1 Å². The minimum absolute atomic E-state index is 0.0363. The van der Waals surface area contributed by atoms with E-state index in [9.17, 15) is 18.0 Å². The van der Waals surface area contributed by atoms with E-state index >= 15 is 0 Å². The van der Waals surface area contributed by atoms with E-state index in [-0.39, 0.29) is 17.8 Å². The third-order valence-electron chi connectivity index (χ3n) is 4.18. The van der Waals surface area contributed by atoms with Crippen LogP contribution in [0.15, 0.2) is 35.7 Å². The van der Waals surface area contributed by atoms with Crippen LogP contribution in [0.5, 0.6) is 0 Å². The van der Waals surface area contributed by atoms with Gasteiger partial charge in [-0.3, -0.25) is 0 Å². The van der Waals surface area contributed by atoms with Crippen LogP contribution in [-0.4, -0.2) is 17.5 Å². The van der Waals surface area contributed by atoms with E-state index in [1.807, 2.05) is 18.4 Å². The minimum Gasteiger partial charge on any atom is -0.317 e. The highest BCUT2D eigenvalue weighted by atomic mass is 32.1. The fourth-order valence-corrected chi connectivity index (χ4v) is 3.98. The van der Waals surface area contributed by atoms with E-state index < -0.39 is 11.7 Å². The molecule has 2 aromatic rings. The molecule has 1 atom stereocenters. The number of halogens is 3. The normalized spacial score (nSPS) is 17.5. The van der Waals surface area contributed by atoms with Crippen LogP contribution in [0.3, 0.4) is 0 Å². The lowest BCUT2D eigenvalue weighted by Crippen LogP contribution is -2.41. The van der Waals surface area contributed by atoms with Crippen LogP contribution in [0.4, 0.5) is 23.7 Å². The minimum atomic E-state index is -4.43. The summed E-state index contributed by atoms with van der Waals surface area (Å²) in [6.45, 7) is 2.57. The van der Waals surface area contributed by atoms with Crippen LogP contribution in [0, 0.1) is 0 Å². The molecule has 1 aromatic carbocycles. The molecule has 1 N–H and O–H groups in total. The number of anilines is 1. The largest absolute Gasteiger partial charge is 0.416 e. The first-order valence-corrected chi connectivity index (χ1v) is 8.59. The predicted molar refractivity (Wildman–Crippen MR) is 88.2 cm³/mol. The molecule has 0 spiro atoms. The van der Waals surface area contributed by atoms with Crippen molar-refractivity contribution in [2.75, 3.05) is 11.9 Å². The molecular weight excluding hydrogens is 337 g/mol. The lowest BCUT2D eigenvalue weighted by atomic mass is 9.98. The highest BCUT2D eigenvalue weighted by Crippen LogP contribution is 2.36. The molecule has 128 valence electrons. The number of carbonyl (C=O) groups excluding carboxylic acids is 1. The lowest BCUT2D eigenvalue weighted by molar-refractivity contribution is -0.137. The van der Waals surface area contributed by atoms with E-state index in [1.54, 1.807) is 16.2 Å². The molecule has 1 aliphatic heterocycles. The summed E-state index contributed by atoms with van der Waals surface area (Å²) in [7, 11) is 0. The SMILES string of the molecule is CCC1c2ccsc2CCN1C(=O)Nc1cccc(C(F)(F)F)c1. The molecule has 3 nitrogen and oxygen atoms in total. The summed E-state index contributed by atoms with van der Waals surface area (Å²) >= 11 is 1.68. The number of fused-ring (bicyclic) bond motifs is 1. The maximum atomic E-state index is 12.8. The average molecular weight is 354 g/mol. The van der Waals surface area contributed by atoms with Crippen LogP contribution in [0.1, 0.15) is 35.4 Å². The van der Waals surface area contributed by atoms with Crippen molar-refractivity contribution < 1.29 is 18.0 Å². The first kappa shape index (κ1) is 16.8. The molecule has 0 saturated heterocycles.